The van der Waals surface area contributed by atoms with Crippen molar-refractivity contribution in [2.75, 3.05) is 6.61 Å². The number of aliphatic hydroxyl groups excluding tert-OH is 1. The fourth-order valence-electron chi connectivity index (χ4n) is 1.73. The third kappa shape index (κ3) is 3.47. The number of halogens is 2. The monoisotopic (exact) mass is 341 g/mol. The molecule has 2 aromatic rings. The largest absolute Gasteiger partial charge is 0.492 e. The summed E-state index contributed by atoms with van der Waals surface area (Å²) in [5.74, 6) is 0.630. The van der Waals surface area contributed by atoms with Gasteiger partial charge in [-0.05, 0) is 31.2 Å². The Bertz CT molecular complexity index is 577. The molecule has 0 bridgehead atoms. The Kier molecular flexibility index (Phi) is 4.80. The molecule has 1 aromatic carbocycles. The van der Waals surface area contributed by atoms with Crippen molar-refractivity contribution in [3.63, 3.8) is 0 Å². The highest BCUT2D eigenvalue weighted by Gasteiger charge is 2.15. The minimum atomic E-state index is -0.835. The topological polar surface area (TPSA) is 42.4 Å². The van der Waals surface area contributed by atoms with Gasteiger partial charge in [0.15, 0.2) is 0 Å². The molecule has 0 aliphatic carbocycles. The van der Waals surface area contributed by atoms with Crippen molar-refractivity contribution in [3.8, 4) is 5.75 Å². The van der Waals surface area contributed by atoms with Crippen molar-refractivity contribution in [3.05, 3.63) is 57.3 Å². The Morgan fingerprint density at radius 1 is 1.37 bits per heavy atom. The number of hydrogen-bond acceptors (Lipinski definition) is 3. The first-order valence-corrected chi connectivity index (χ1v) is 6.99. The average Bonchev–Trinajstić information content (AvgIpc) is 2.41. The number of aliphatic hydroxyl groups is 1. The van der Waals surface area contributed by atoms with Crippen LogP contribution in [0.4, 0.5) is 0 Å². The van der Waals surface area contributed by atoms with E-state index in [-0.39, 0.29) is 0 Å². The summed E-state index contributed by atoms with van der Waals surface area (Å²) in [4.78, 5) is 4.06. The summed E-state index contributed by atoms with van der Waals surface area (Å²) in [7, 11) is 0. The van der Waals surface area contributed by atoms with E-state index in [4.69, 9.17) is 16.3 Å². The molecule has 1 aromatic heterocycles. The van der Waals surface area contributed by atoms with Gasteiger partial charge in [0.1, 0.15) is 11.9 Å². The molecule has 0 aliphatic heterocycles. The van der Waals surface area contributed by atoms with E-state index < -0.39 is 6.10 Å². The van der Waals surface area contributed by atoms with Gasteiger partial charge >= 0.3 is 0 Å². The molecule has 1 atom stereocenters. The summed E-state index contributed by atoms with van der Waals surface area (Å²) in [5, 5.41) is 10.9. The number of rotatable bonds is 4. The first-order valence-electron chi connectivity index (χ1n) is 5.82. The smallest absolute Gasteiger partial charge is 0.137 e. The fourth-order valence-corrected chi connectivity index (χ4v) is 2.33. The Balaban J connectivity index is 2.35. The van der Waals surface area contributed by atoms with Crippen LogP contribution < -0.4 is 4.74 Å². The first-order chi connectivity index (χ1) is 9.11. The molecule has 0 aliphatic rings. The van der Waals surface area contributed by atoms with Gasteiger partial charge in [-0.3, -0.25) is 4.98 Å². The Hall–Kier alpha value is -1.10. The minimum absolute atomic E-state index is 0.512. The predicted octanol–water partition coefficient (Wildman–Crippen LogP) is 3.98. The van der Waals surface area contributed by atoms with Gasteiger partial charge in [0.05, 0.1) is 12.8 Å². The number of nitrogens with zero attached hydrogens (tertiary/aromatic N) is 1. The first kappa shape index (κ1) is 14.3. The number of aromatic nitrogens is 1. The van der Waals surface area contributed by atoms with Crippen LogP contribution >= 0.6 is 27.5 Å². The Morgan fingerprint density at radius 3 is 2.89 bits per heavy atom. The normalized spacial score (nSPS) is 12.2. The number of benzene rings is 1. The number of hydrogen-bond donors (Lipinski definition) is 1. The van der Waals surface area contributed by atoms with Crippen LogP contribution in [-0.2, 0) is 0 Å². The maximum absolute atomic E-state index is 10.4. The van der Waals surface area contributed by atoms with Gasteiger partial charge < -0.3 is 9.84 Å². The van der Waals surface area contributed by atoms with Crippen LogP contribution in [-0.4, -0.2) is 16.7 Å². The molecule has 0 radical (unpaired) electrons. The van der Waals surface area contributed by atoms with Gasteiger partial charge in [-0.25, -0.2) is 0 Å². The standard InChI is InChI=1S/C14H13BrClNO2/c1-2-19-11-5-9(7-17-8-11)14(18)12-6-10(15)3-4-13(12)16/h3-8,14,18H,2H2,1H3. The van der Waals surface area contributed by atoms with Crippen molar-refractivity contribution in [2.45, 2.75) is 13.0 Å². The van der Waals surface area contributed by atoms with Crippen molar-refractivity contribution >= 4 is 27.5 Å². The van der Waals surface area contributed by atoms with Crippen molar-refractivity contribution in [1.29, 1.82) is 0 Å². The lowest BCUT2D eigenvalue weighted by atomic mass is 10.0. The summed E-state index contributed by atoms with van der Waals surface area (Å²) in [6, 6.07) is 7.12. The van der Waals surface area contributed by atoms with Gasteiger partial charge in [0.25, 0.3) is 0 Å². The molecule has 5 heteroatoms. The van der Waals surface area contributed by atoms with Crippen molar-refractivity contribution in [1.82, 2.24) is 4.98 Å². The van der Waals surface area contributed by atoms with Crippen LogP contribution in [0.25, 0.3) is 0 Å². The van der Waals surface area contributed by atoms with Crippen LogP contribution in [0.5, 0.6) is 5.75 Å². The zero-order chi connectivity index (χ0) is 13.8. The predicted molar refractivity (Wildman–Crippen MR) is 78.6 cm³/mol. The van der Waals surface area contributed by atoms with Crippen molar-refractivity contribution in [2.24, 2.45) is 0 Å². The summed E-state index contributed by atoms with van der Waals surface area (Å²) in [6.45, 7) is 2.45. The van der Waals surface area contributed by atoms with Crippen molar-refractivity contribution < 1.29 is 9.84 Å². The van der Waals surface area contributed by atoms with Crippen LogP contribution in [0, 0.1) is 0 Å². The van der Waals surface area contributed by atoms with E-state index in [0.717, 1.165) is 4.47 Å². The Morgan fingerprint density at radius 2 is 2.16 bits per heavy atom. The third-order valence-corrected chi connectivity index (χ3v) is 3.45. The van der Waals surface area contributed by atoms with E-state index in [0.29, 0.717) is 28.5 Å². The number of ether oxygens (including phenoxy) is 1. The van der Waals surface area contributed by atoms with Crippen LogP contribution in [0.1, 0.15) is 24.2 Å². The van der Waals surface area contributed by atoms with E-state index in [9.17, 15) is 5.11 Å². The maximum Gasteiger partial charge on any atom is 0.137 e. The molecule has 100 valence electrons. The quantitative estimate of drug-likeness (QED) is 0.914. The molecule has 2 rings (SSSR count). The molecule has 0 amide bonds. The van der Waals surface area contributed by atoms with Gasteiger partial charge in [0.2, 0.25) is 0 Å². The van der Waals surface area contributed by atoms with Gasteiger partial charge in [-0.2, -0.15) is 0 Å². The molecule has 1 heterocycles. The highest BCUT2D eigenvalue weighted by Crippen LogP contribution is 2.31. The molecule has 0 saturated heterocycles. The van der Waals surface area contributed by atoms with E-state index in [2.05, 4.69) is 20.9 Å². The lowest BCUT2D eigenvalue weighted by Gasteiger charge is -2.14. The SMILES string of the molecule is CCOc1cncc(C(O)c2cc(Br)ccc2Cl)c1. The van der Waals surface area contributed by atoms with E-state index in [1.165, 1.54) is 0 Å². The minimum Gasteiger partial charge on any atom is -0.492 e. The molecule has 3 nitrogen and oxygen atoms in total. The lowest BCUT2D eigenvalue weighted by molar-refractivity contribution is 0.219. The molecule has 1 N–H and O–H groups in total. The van der Waals surface area contributed by atoms with Gasteiger partial charge in [0, 0.05) is 26.8 Å². The second kappa shape index (κ2) is 6.37. The molecule has 1 unspecified atom stereocenters. The summed E-state index contributed by atoms with van der Waals surface area (Å²) < 4.78 is 6.23. The Labute approximate surface area is 125 Å². The molecule has 0 fully saturated rings. The summed E-state index contributed by atoms with van der Waals surface area (Å²) in [6.07, 6.45) is 2.38. The zero-order valence-corrected chi connectivity index (χ0v) is 12.6. The highest BCUT2D eigenvalue weighted by molar-refractivity contribution is 9.10. The lowest BCUT2D eigenvalue weighted by Crippen LogP contribution is -2.02. The maximum atomic E-state index is 10.4. The summed E-state index contributed by atoms with van der Waals surface area (Å²) in [5.41, 5.74) is 1.28. The molecule has 0 saturated carbocycles. The highest BCUT2D eigenvalue weighted by atomic mass is 79.9. The molecular formula is C14H13BrClNO2. The second-order valence-electron chi connectivity index (χ2n) is 3.96. The van der Waals surface area contributed by atoms with E-state index in [1.807, 2.05) is 13.0 Å². The molecular weight excluding hydrogens is 330 g/mol. The number of pyridine rings is 1. The van der Waals surface area contributed by atoms with E-state index in [1.54, 1.807) is 30.6 Å². The average molecular weight is 343 g/mol. The van der Waals surface area contributed by atoms with Crippen LogP contribution in [0.2, 0.25) is 5.02 Å². The van der Waals surface area contributed by atoms with Gasteiger partial charge in [-0.15, -0.1) is 0 Å². The van der Waals surface area contributed by atoms with Crippen LogP contribution in [0.15, 0.2) is 41.1 Å². The fraction of sp³-hybridized carbons (Fsp3) is 0.214. The van der Waals surface area contributed by atoms with Crippen LogP contribution in [0.3, 0.4) is 0 Å². The van der Waals surface area contributed by atoms with E-state index >= 15 is 0 Å². The third-order valence-electron chi connectivity index (χ3n) is 2.61. The zero-order valence-electron chi connectivity index (χ0n) is 10.3. The summed E-state index contributed by atoms with van der Waals surface area (Å²) >= 11 is 9.48. The van der Waals surface area contributed by atoms with Gasteiger partial charge in [-0.1, -0.05) is 27.5 Å². The molecule has 19 heavy (non-hydrogen) atoms. The molecule has 0 spiro atoms. The second-order valence-corrected chi connectivity index (χ2v) is 5.28.